The monoisotopic (exact) mass is 373 g/mol. The number of hydrogen-bond donors (Lipinski definition) is 1. The molecular weight excluding hydrogens is 354 g/mol. The zero-order chi connectivity index (χ0) is 19.7. The van der Waals surface area contributed by atoms with Crippen molar-refractivity contribution in [2.45, 2.75) is 13.8 Å². The van der Waals surface area contributed by atoms with E-state index >= 15 is 0 Å². The van der Waals surface area contributed by atoms with Crippen molar-refractivity contribution < 1.29 is 14.6 Å². The smallest absolute Gasteiger partial charge is 0.162 e. The lowest BCUT2D eigenvalue weighted by atomic mass is 10.1. The standard InChI is InChI=1S/C22H19N3O3/c1-13-10-21(22(25-14(13)2)16-6-4-5-8-23-16)28-19-7-9-24-17-12-20(27-3)18(26)11-15(17)19/h4-12,26H,1-3H3. The number of hydrogen-bond acceptors (Lipinski definition) is 6. The molecule has 4 aromatic rings. The van der Waals surface area contributed by atoms with Gasteiger partial charge in [0.2, 0.25) is 0 Å². The number of aromatic nitrogens is 3. The Bertz CT molecular complexity index is 1160. The molecule has 1 aromatic carbocycles. The summed E-state index contributed by atoms with van der Waals surface area (Å²) >= 11 is 0. The van der Waals surface area contributed by atoms with E-state index in [1.165, 1.54) is 7.11 Å². The van der Waals surface area contributed by atoms with Gasteiger partial charge in [-0.05, 0) is 49.7 Å². The Balaban J connectivity index is 1.86. The van der Waals surface area contributed by atoms with Crippen LogP contribution in [0.15, 0.2) is 54.9 Å². The number of ether oxygens (including phenoxy) is 2. The first-order valence-electron chi connectivity index (χ1n) is 8.80. The molecule has 0 bridgehead atoms. The Kier molecular flexibility index (Phi) is 4.53. The lowest BCUT2D eigenvalue weighted by Gasteiger charge is -2.14. The van der Waals surface area contributed by atoms with E-state index in [2.05, 4.69) is 9.97 Å². The fourth-order valence-electron chi connectivity index (χ4n) is 2.95. The van der Waals surface area contributed by atoms with Gasteiger partial charge in [0.05, 0.1) is 18.3 Å². The highest BCUT2D eigenvalue weighted by Gasteiger charge is 2.15. The van der Waals surface area contributed by atoms with Crippen LogP contribution in [0.5, 0.6) is 23.0 Å². The number of benzene rings is 1. The number of phenolic OH excluding ortho intramolecular Hbond substituents is 1. The third-order valence-electron chi connectivity index (χ3n) is 4.56. The summed E-state index contributed by atoms with van der Waals surface area (Å²) in [6.45, 7) is 3.94. The number of methoxy groups -OCH3 is 1. The minimum absolute atomic E-state index is 0.0241. The third-order valence-corrected chi connectivity index (χ3v) is 4.56. The number of aromatic hydroxyl groups is 1. The van der Waals surface area contributed by atoms with E-state index in [0.717, 1.165) is 17.0 Å². The number of nitrogens with zero attached hydrogens (tertiary/aromatic N) is 3. The van der Waals surface area contributed by atoms with Gasteiger partial charge in [0.25, 0.3) is 0 Å². The molecule has 0 fully saturated rings. The molecule has 0 spiro atoms. The molecule has 1 N–H and O–H groups in total. The molecule has 0 aliphatic rings. The second-order valence-electron chi connectivity index (χ2n) is 6.40. The predicted octanol–water partition coefficient (Wildman–Crippen LogP) is 4.82. The molecule has 0 saturated heterocycles. The van der Waals surface area contributed by atoms with E-state index in [1.807, 2.05) is 38.1 Å². The Morgan fingerprint density at radius 2 is 1.75 bits per heavy atom. The normalized spacial score (nSPS) is 10.8. The van der Waals surface area contributed by atoms with Gasteiger partial charge in [-0.25, -0.2) is 4.98 Å². The number of rotatable bonds is 4. The summed E-state index contributed by atoms with van der Waals surface area (Å²) in [5.41, 5.74) is 3.96. The molecule has 0 saturated carbocycles. The number of pyridine rings is 3. The van der Waals surface area contributed by atoms with Crippen LogP contribution in [0.3, 0.4) is 0 Å². The summed E-state index contributed by atoms with van der Waals surface area (Å²) in [5, 5.41) is 10.9. The first kappa shape index (κ1) is 17.7. The minimum atomic E-state index is 0.0241. The molecule has 0 aliphatic carbocycles. The van der Waals surface area contributed by atoms with Gasteiger partial charge in [-0.3, -0.25) is 9.97 Å². The van der Waals surface area contributed by atoms with Gasteiger partial charge in [-0.15, -0.1) is 0 Å². The van der Waals surface area contributed by atoms with E-state index in [4.69, 9.17) is 14.5 Å². The quantitative estimate of drug-likeness (QED) is 0.553. The molecule has 6 nitrogen and oxygen atoms in total. The molecular formula is C22H19N3O3. The molecule has 0 aliphatic heterocycles. The van der Waals surface area contributed by atoms with Gasteiger partial charge in [0.15, 0.2) is 17.2 Å². The van der Waals surface area contributed by atoms with Gasteiger partial charge in [0.1, 0.15) is 11.4 Å². The van der Waals surface area contributed by atoms with Crippen molar-refractivity contribution in [1.29, 1.82) is 0 Å². The molecule has 0 unspecified atom stereocenters. The van der Waals surface area contributed by atoms with Crippen LogP contribution >= 0.6 is 0 Å². The van der Waals surface area contributed by atoms with Crippen LogP contribution in [0.1, 0.15) is 11.3 Å². The van der Waals surface area contributed by atoms with Gasteiger partial charge in [-0.2, -0.15) is 0 Å². The fourth-order valence-corrected chi connectivity index (χ4v) is 2.95. The van der Waals surface area contributed by atoms with Crippen LogP contribution in [0, 0.1) is 13.8 Å². The summed E-state index contributed by atoms with van der Waals surface area (Å²) in [6, 6.07) is 12.6. The SMILES string of the molecule is COc1cc2nccc(Oc3cc(C)c(C)nc3-c3ccccn3)c2cc1O. The molecule has 3 heterocycles. The van der Waals surface area contributed by atoms with Crippen molar-refractivity contribution in [2.75, 3.05) is 7.11 Å². The number of fused-ring (bicyclic) bond motifs is 1. The molecule has 6 heteroatoms. The maximum Gasteiger partial charge on any atom is 0.162 e. The lowest BCUT2D eigenvalue weighted by Crippen LogP contribution is -1.98. The molecule has 0 radical (unpaired) electrons. The Labute approximate surface area is 162 Å². The fraction of sp³-hybridized carbons (Fsp3) is 0.136. The first-order chi connectivity index (χ1) is 13.6. The van der Waals surface area contributed by atoms with Crippen LogP contribution in [-0.2, 0) is 0 Å². The van der Waals surface area contributed by atoms with E-state index in [-0.39, 0.29) is 5.75 Å². The van der Waals surface area contributed by atoms with Crippen LogP contribution in [0.2, 0.25) is 0 Å². The highest BCUT2D eigenvalue weighted by Crippen LogP contribution is 2.38. The van der Waals surface area contributed by atoms with Gasteiger partial charge >= 0.3 is 0 Å². The van der Waals surface area contributed by atoms with Gasteiger partial charge in [0, 0.05) is 29.5 Å². The van der Waals surface area contributed by atoms with Crippen molar-refractivity contribution in [3.8, 4) is 34.4 Å². The van der Waals surface area contributed by atoms with E-state index in [9.17, 15) is 5.11 Å². The maximum atomic E-state index is 10.2. The largest absolute Gasteiger partial charge is 0.504 e. The van der Waals surface area contributed by atoms with Crippen molar-refractivity contribution in [3.63, 3.8) is 0 Å². The van der Waals surface area contributed by atoms with Crippen molar-refractivity contribution in [3.05, 3.63) is 66.1 Å². The maximum absolute atomic E-state index is 10.2. The van der Waals surface area contributed by atoms with Crippen molar-refractivity contribution in [1.82, 2.24) is 15.0 Å². The van der Waals surface area contributed by atoms with Crippen LogP contribution in [0.4, 0.5) is 0 Å². The second kappa shape index (κ2) is 7.15. The van der Waals surface area contributed by atoms with E-state index in [1.54, 1.807) is 30.6 Å². The molecule has 0 atom stereocenters. The zero-order valence-corrected chi connectivity index (χ0v) is 15.8. The summed E-state index contributed by atoms with van der Waals surface area (Å²) in [7, 11) is 1.50. The summed E-state index contributed by atoms with van der Waals surface area (Å²) in [6.07, 6.45) is 3.38. The molecule has 3 aromatic heterocycles. The average molecular weight is 373 g/mol. The number of phenols is 1. The van der Waals surface area contributed by atoms with Crippen LogP contribution in [-0.4, -0.2) is 27.2 Å². The Morgan fingerprint density at radius 3 is 2.50 bits per heavy atom. The molecule has 0 amide bonds. The average Bonchev–Trinajstić information content (AvgIpc) is 2.71. The Morgan fingerprint density at radius 1 is 0.893 bits per heavy atom. The van der Waals surface area contributed by atoms with E-state index < -0.39 is 0 Å². The van der Waals surface area contributed by atoms with Crippen LogP contribution < -0.4 is 9.47 Å². The summed E-state index contributed by atoms with van der Waals surface area (Å²) < 4.78 is 11.4. The summed E-state index contributed by atoms with van der Waals surface area (Å²) in [4.78, 5) is 13.4. The minimum Gasteiger partial charge on any atom is -0.504 e. The van der Waals surface area contributed by atoms with Crippen LogP contribution in [0.25, 0.3) is 22.3 Å². The molecule has 140 valence electrons. The Hall–Kier alpha value is -3.67. The highest BCUT2D eigenvalue weighted by molar-refractivity contribution is 5.88. The van der Waals surface area contributed by atoms with E-state index in [0.29, 0.717) is 33.8 Å². The van der Waals surface area contributed by atoms with Gasteiger partial charge in [-0.1, -0.05) is 6.07 Å². The lowest BCUT2D eigenvalue weighted by molar-refractivity contribution is 0.374. The van der Waals surface area contributed by atoms with Gasteiger partial charge < -0.3 is 14.6 Å². The molecule has 4 rings (SSSR count). The third kappa shape index (κ3) is 3.20. The van der Waals surface area contributed by atoms with Crippen molar-refractivity contribution >= 4 is 10.9 Å². The first-order valence-corrected chi connectivity index (χ1v) is 8.80. The molecule has 28 heavy (non-hydrogen) atoms. The highest BCUT2D eigenvalue weighted by atomic mass is 16.5. The topological polar surface area (TPSA) is 77.4 Å². The number of aryl methyl sites for hydroxylation is 2. The zero-order valence-electron chi connectivity index (χ0n) is 15.8. The predicted molar refractivity (Wildman–Crippen MR) is 107 cm³/mol. The summed E-state index contributed by atoms with van der Waals surface area (Å²) in [5.74, 6) is 1.53. The second-order valence-corrected chi connectivity index (χ2v) is 6.40. The van der Waals surface area contributed by atoms with Crippen molar-refractivity contribution in [2.24, 2.45) is 0 Å².